The van der Waals surface area contributed by atoms with Crippen LogP contribution < -0.4 is 10.9 Å². The maximum Gasteiger partial charge on any atom is 0.258 e. The van der Waals surface area contributed by atoms with Crippen molar-refractivity contribution in [2.24, 2.45) is 0 Å². The highest BCUT2D eigenvalue weighted by Gasteiger charge is 2.11. The second-order valence-electron chi connectivity index (χ2n) is 5.40. The van der Waals surface area contributed by atoms with Crippen molar-refractivity contribution in [2.75, 3.05) is 5.32 Å². The predicted octanol–water partition coefficient (Wildman–Crippen LogP) is 3.75. The van der Waals surface area contributed by atoms with Crippen LogP contribution >= 0.6 is 23.2 Å². The van der Waals surface area contributed by atoms with Crippen molar-refractivity contribution >= 4 is 34.9 Å². The molecular formula is C17H13Cl2N3O3. The summed E-state index contributed by atoms with van der Waals surface area (Å²) < 4.78 is 6.30. The molecule has 0 fully saturated rings. The number of aromatic nitrogens is 2. The monoisotopic (exact) mass is 377 g/mol. The molecule has 2 heterocycles. The number of benzene rings is 1. The first-order valence-electron chi connectivity index (χ1n) is 7.31. The molecule has 0 spiro atoms. The number of hydrogen-bond acceptors (Lipinski definition) is 4. The average molecular weight is 378 g/mol. The van der Waals surface area contributed by atoms with Crippen LogP contribution in [0.3, 0.4) is 0 Å². The third-order valence-corrected chi connectivity index (χ3v) is 4.06. The summed E-state index contributed by atoms with van der Waals surface area (Å²) in [6, 6.07) is 9.41. The molecule has 0 atom stereocenters. The zero-order chi connectivity index (χ0) is 18.0. The van der Waals surface area contributed by atoms with Crippen LogP contribution in [0.5, 0.6) is 0 Å². The lowest BCUT2D eigenvalue weighted by Gasteiger charge is -2.10. The highest BCUT2D eigenvalue weighted by Crippen LogP contribution is 2.21. The van der Waals surface area contributed by atoms with Crippen molar-refractivity contribution in [3.8, 4) is 0 Å². The molecule has 2 aromatic heterocycles. The van der Waals surface area contributed by atoms with E-state index in [9.17, 15) is 9.59 Å². The molecule has 128 valence electrons. The van der Waals surface area contributed by atoms with Crippen LogP contribution in [0.4, 0.5) is 5.82 Å². The van der Waals surface area contributed by atoms with E-state index in [2.05, 4.69) is 10.5 Å². The molecule has 1 aromatic carbocycles. The Kier molecular flexibility index (Phi) is 4.92. The molecule has 0 radical (unpaired) electrons. The third kappa shape index (κ3) is 4.10. The Morgan fingerprint density at radius 1 is 1.24 bits per heavy atom. The largest absolute Gasteiger partial charge is 0.360 e. The summed E-state index contributed by atoms with van der Waals surface area (Å²) in [6.45, 7) is 1.94. The van der Waals surface area contributed by atoms with Gasteiger partial charge in [-0.1, -0.05) is 34.4 Å². The number of rotatable bonds is 4. The fraction of sp³-hybridized carbons (Fsp3) is 0.118. The molecular weight excluding hydrogens is 365 g/mol. The average Bonchev–Trinajstić information content (AvgIpc) is 2.96. The summed E-state index contributed by atoms with van der Waals surface area (Å²) in [5, 5.41) is 7.27. The molecule has 0 bridgehead atoms. The van der Waals surface area contributed by atoms with E-state index in [0.717, 1.165) is 5.56 Å². The summed E-state index contributed by atoms with van der Waals surface area (Å²) in [5.74, 6) is 0.489. The third-order valence-electron chi connectivity index (χ3n) is 3.47. The number of anilines is 1. The summed E-state index contributed by atoms with van der Waals surface area (Å²) in [7, 11) is 0. The van der Waals surface area contributed by atoms with Crippen LogP contribution in [0.2, 0.25) is 10.0 Å². The minimum atomic E-state index is -0.399. The number of amides is 1. The molecule has 0 aliphatic carbocycles. The minimum Gasteiger partial charge on any atom is -0.360 e. The van der Waals surface area contributed by atoms with E-state index >= 15 is 0 Å². The lowest BCUT2D eigenvalue weighted by atomic mass is 10.2. The van der Waals surface area contributed by atoms with Gasteiger partial charge in [0.2, 0.25) is 0 Å². The number of nitrogens with one attached hydrogen (secondary N) is 1. The smallest absolute Gasteiger partial charge is 0.258 e. The minimum absolute atomic E-state index is 0.221. The molecule has 0 unspecified atom stereocenters. The van der Waals surface area contributed by atoms with Gasteiger partial charge in [0, 0.05) is 28.4 Å². The Bertz CT molecular complexity index is 995. The zero-order valence-electron chi connectivity index (χ0n) is 13.1. The van der Waals surface area contributed by atoms with Crippen molar-refractivity contribution in [2.45, 2.75) is 13.5 Å². The maximum atomic E-state index is 12.3. The van der Waals surface area contributed by atoms with Gasteiger partial charge in [-0.3, -0.25) is 9.59 Å². The van der Waals surface area contributed by atoms with Crippen LogP contribution in [-0.4, -0.2) is 15.6 Å². The summed E-state index contributed by atoms with van der Waals surface area (Å²) in [6.07, 6.45) is 1.47. The number of carbonyl (C=O) groups excluding carboxylic acids is 1. The van der Waals surface area contributed by atoms with Crippen molar-refractivity contribution in [1.29, 1.82) is 0 Å². The Hall–Kier alpha value is -2.57. The van der Waals surface area contributed by atoms with Crippen molar-refractivity contribution in [3.05, 3.63) is 79.9 Å². The fourth-order valence-electron chi connectivity index (χ4n) is 2.24. The number of halogens is 2. The topological polar surface area (TPSA) is 77.1 Å². The molecule has 1 amide bonds. The molecule has 6 nitrogen and oxygen atoms in total. The molecule has 0 aliphatic rings. The van der Waals surface area contributed by atoms with E-state index in [1.165, 1.54) is 22.9 Å². The van der Waals surface area contributed by atoms with E-state index in [1.807, 2.05) is 0 Å². The van der Waals surface area contributed by atoms with Gasteiger partial charge in [0.05, 0.1) is 12.1 Å². The lowest BCUT2D eigenvalue weighted by molar-refractivity contribution is 0.102. The number of pyridine rings is 1. The lowest BCUT2D eigenvalue weighted by Crippen LogP contribution is -2.22. The van der Waals surface area contributed by atoms with E-state index < -0.39 is 5.91 Å². The molecule has 8 heteroatoms. The van der Waals surface area contributed by atoms with Crippen molar-refractivity contribution in [3.63, 3.8) is 0 Å². The second-order valence-corrected chi connectivity index (χ2v) is 6.24. The summed E-state index contributed by atoms with van der Waals surface area (Å²) in [4.78, 5) is 24.4. The summed E-state index contributed by atoms with van der Waals surface area (Å²) in [5.41, 5.74) is 0.781. The first-order chi connectivity index (χ1) is 11.9. The molecule has 3 aromatic rings. The van der Waals surface area contributed by atoms with Crippen LogP contribution in [0, 0.1) is 6.92 Å². The van der Waals surface area contributed by atoms with E-state index in [1.54, 1.807) is 31.2 Å². The van der Waals surface area contributed by atoms with E-state index in [4.69, 9.17) is 27.7 Å². The van der Waals surface area contributed by atoms with Gasteiger partial charge in [0.25, 0.3) is 11.5 Å². The summed E-state index contributed by atoms with van der Waals surface area (Å²) >= 11 is 12.0. The standard InChI is InChI=1S/C17H13Cl2N3O3/c1-10-6-15(21-25-10)20-17(24)12-3-5-16(23)22(9-12)8-11-2-4-13(18)7-14(11)19/h2-7,9H,8H2,1H3,(H,20,21,24). The number of hydrogen-bond donors (Lipinski definition) is 1. The van der Waals surface area contributed by atoms with Crippen LogP contribution in [0.15, 0.2) is 51.9 Å². The molecule has 0 saturated heterocycles. The fourth-order valence-corrected chi connectivity index (χ4v) is 2.70. The highest BCUT2D eigenvalue weighted by atomic mass is 35.5. The molecule has 25 heavy (non-hydrogen) atoms. The van der Waals surface area contributed by atoms with Gasteiger partial charge in [-0.05, 0) is 30.7 Å². The first-order valence-corrected chi connectivity index (χ1v) is 8.07. The van der Waals surface area contributed by atoms with Crippen LogP contribution in [-0.2, 0) is 6.54 Å². The second kappa shape index (κ2) is 7.13. The number of nitrogens with zero attached hydrogens (tertiary/aromatic N) is 2. The Labute approximate surface area is 153 Å². The highest BCUT2D eigenvalue weighted by molar-refractivity contribution is 6.35. The predicted molar refractivity (Wildman–Crippen MR) is 95.5 cm³/mol. The Balaban J connectivity index is 1.84. The van der Waals surface area contributed by atoms with Gasteiger partial charge in [-0.15, -0.1) is 0 Å². The van der Waals surface area contributed by atoms with E-state index in [0.29, 0.717) is 27.2 Å². The SMILES string of the molecule is Cc1cc(NC(=O)c2ccc(=O)n(Cc3ccc(Cl)cc3Cl)c2)no1. The van der Waals surface area contributed by atoms with Crippen molar-refractivity contribution in [1.82, 2.24) is 9.72 Å². The van der Waals surface area contributed by atoms with Gasteiger partial charge in [-0.25, -0.2) is 0 Å². The Morgan fingerprint density at radius 2 is 2.04 bits per heavy atom. The first kappa shape index (κ1) is 17.3. The number of aryl methyl sites for hydroxylation is 1. The molecule has 0 aliphatic heterocycles. The Morgan fingerprint density at radius 3 is 2.72 bits per heavy atom. The quantitative estimate of drug-likeness (QED) is 0.750. The van der Waals surface area contributed by atoms with Gasteiger partial charge in [0.1, 0.15) is 5.76 Å². The molecule has 3 rings (SSSR count). The molecule has 1 N–H and O–H groups in total. The van der Waals surface area contributed by atoms with Gasteiger partial charge in [-0.2, -0.15) is 0 Å². The van der Waals surface area contributed by atoms with Crippen molar-refractivity contribution < 1.29 is 9.32 Å². The number of carbonyl (C=O) groups is 1. The van der Waals surface area contributed by atoms with Gasteiger partial charge >= 0.3 is 0 Å². The molecule has 0 saturated carbocycles. The van der Waals surface area contributed by atoms with E-state index in [-0.39, 0.29) is 12.1 Å². The van der Waals surface area contributed by atoms with Crippen LogP contribution in [0.1, 0.15) is 21.7 Å². The zero-order valence-corrected chi connectivity index (χ0v) is 14.6. The van der Waals surface area contributed by atoms with Gasteiger partial charge < -0.3 is 14.4 Å². The van der Waals surface area contributed by atoms with Gasteiger partial charge in [0.15, 0.2) is 5.82 Å². The normalized spacial score (nSPS) is 10.7. The van der Waals surface area contributed by atoms with Crippen LogP contribution in [0.25, 0.3) is 0 Å². The maximum absolute atomic E-state index is 12.3.